The van der Waals surface area contributed by atoms with Crippen LogP contribution in [0.1, 0.15) is 46.5 Å². The van der Waals surface area contributed by atoms with Gasteiger partial charge in [-0.1, -0.05) is 27.2 Å². The maximum atomic E-state index is 11.8. The first-order valence-corrected chi connectivity index (χ1v) is 6.42. The van der Waals surface area contributed by atoms with Gasteiger partial charge in [0, 0.05) is 5.92 Å². The summed E-state index contributed by atoms with van der Waals surface area (Å²) in [5, 5.41) is 0. The lowest BCUT2D eigenvalue weighted by molar-refractivity contribution is -0.123. The lowest BCUT2D eigenvalue weighted by Crippen LogP contribution is -2.38. The molecule has 0 aliphatic carbocycles. The van der Waals surface area contributed by atoms with Gasteiger partial charge in [-0.2, -0.15) is 0 Å². The van der Waals surface area contributed by atoms with Crippen LogP contribution in [0, 0.1) is 11.8 Å². The van der Waals surface area contributed by atoms with E-state index in [1.54, 1.807) is 0 Å². The van der Waals surface area contributed by atoms with E-state index in [1.165, 1.54) is 19.3 Å². The van der Waals surface area contributed by atoms with Crippen molar-refractivity contribution in [3.63, 3.8) is 0 Å². The van der Waals surface area contributed by atoms with Crippen LogP contribution in [0.4, 0.5) is 0 Å². The lowest BCUT2D eigenvalue weighted by atomic mass is 9.94. The first-order valence-electron chi connectivity index (χ1n) is 6.42. The van der Waals surface area contributed by atoms with Gasteiger partial charge in [0.2, 0.25) is 0 Å². The molecule has 1 fully saturated rings. The summed E-state index contributed by atoms with van der Waals surface area (Å²) in [5.74, 6) is 1.57. The molecule has 0 amide bonds. The van der Waals surface area contributed by atoms with Gasteiger partial charge in [0.25, 0.3) is 0 Å². The van der Waals surface area contributed by atoms with E-state index in [0.29, 0.717) is 12.3 Å². The molecule has 0 aromatic carbocycles. The third-order valence-electron chi connectivity index (χ3n) is 3.83. The Balaban J connectivity index is 2.26. The van der Waals surface area contributed by atoms with Crippen molar-refractivity contribution in [3.8, 4) is 0 Å². The SMILES string of the molecule is CCC1CCN(CC(=O)C(C)CC)CC1. The maximum Gasteiger partial charge on any atom is 0.149 e. The summed E-state index contributed by atoms with van der Waals surface area (Å²) in [5.41, 5.74) is 0. The zero-order valence-electron chi connectivity index (χ0n) is 10.5. The molecule has 0 bridgehead atoms. The summed E-state index contributed by atoms with van der Waals surface area (Å²) < 4.78 is 0. The minimum Gasteiger partial charge on any atom is -0.298 e. The van der Waals surface area contributed by atoms with E-state index in [9.17, 15) is 4.79 Å². The van der Waals surface area contributed by atoms with Crippen LogP contribution in [-0.4, -0.2) is 30.3 Å². The molecule has 1 aliphatic heterocycles. The number of hydrogen-bond acceptors (Lipinski definition) is 2. The van der Waals surface area contributed by atoms with Crippen LogP contribution in [0.3, 0.4) is 0 Å². The minimum atomic E-state index is 0.244. The third kappa shape index (κ3) is 3.94. The Labute approximate surface area is 94.0 Å². The number of rotatable bonds is 5. The monoisotopic (exact) mass is 211 g/mol. The molecule has 1 aliphatic rings. The second-order valence-corrected chi connectivity index (χ2v) is 4.90. The first-order chi connectivity index (χ1) is 7.17. The summed E-state index contributed by atoms with van der Waals surface area (Å²) >= 11 is 0. The number of nitrogens with zero attached hydrogens (tertiary/aromatic N) is 1. The Hall–Kier alpha value is -0.370. The molecule has 0 N–H and O–H groups in total. The summed E-state index contributed by atoms with van der Waals surface area (Å²) in [6.45, 7) is 9.34. The molecule has 0 saturated carbocycles. The molecule has 2 nitrogen and oxygen atoms in total. The standard InChI is InChI=1S/C13H25NO/c1-4-11(3)13(15)10-14-8-6-12(5-2)7-9-14/h11-12H,4-10H2,1-3H3. The highest BCUT2D eigenvalue weighted by Crippen LogP contribution is 2.20. The molecule has 15 heavy (non-hydrogen) atoms. The fourth-order valence-electron chi connectivity index (χ4n) is 2.16. The fraction of sp³-hybridized carbons (Fsp3) is 0.923. The smallest absolute Gasteiger partial charge is 0.149 e. The molecule has 0 aromatic rings. The fourth-order valence-corrected chi connectivity index (χ4v) is 2.16. The molecule has 0 aromatic heterocycles. The van der Waals surface area contributed by atoms with Crippen molar-refractivity contribution in [1.29, 1.82) is 0 Å². The zero-order chi connectivity index (χ0) is 11.3. The predicted molar refractivity (Wildman–Crippen MR) is 63.9 cm³/mol. The van der Waals surface area contributed by atoms with Crippen LogP contribution in [0.2, 0.25) is 0 Å². The zero-order valence-corrected chi connectivity index (χ0v) is 10.5. The number of likely N-dealkylation sites (tertiary alicyclic amines) is 1. The van der Waals surface area contributed by atoms with E-state index in [4.69, 9.17) is 0 Å². The molecular weight excluding hydrogens is 186 g/mol. The molecule has 1 heterocycles. The largest absolute Gasteiger partial charge is 0.298 e. The molecule has 1 unspecified atom stereocenters. The quantitative estimate of drug-likeness (QED) is 0.697. The molecule has 2 heteroatoms. The van der Waals surface area contributed by atoms with Crippen molar-refractivity contribution in [2.45, 2.75) is 46.5 Å². The summed E-state index contributed by atoms with van der Waals surface area (Å²) in [4.78, 5) is 14.1. The van der Waals surface area contributed by atoms with Gasteiger partial charge in [-0.05, 0) is 38.3 Å². The second-order valence-electron chi connectivity index (χ2n) is 4.90. The van der Waals surface area contributed by atoms with Crippen molar-refractivity contribution >= 4 is 5.78 Å². The van der Waals surface area contributed by atoms with Gasteiger partial charge in [-0.15, -0.1) is 0 Å². The van der Waals surface area contributed by atoms with E-state index < -0.39 is 0 Å². The highest BCUT2D eigenvalue weighted by atomic mass is 16.1. The Morgan fingerprint density at radius 2 is 1.93 bits per heavy atom. The van der Waals surface area contributed by atoms with E-state index in [-0.39, 0.29) is 5.92 Å². The second kappa shape index (κ2) is 6.26. The van der Waals surface area contributed by atoms with Gasteiger partial charge in [0.1, 0.15) is 5.78 Å². The number of carbonyl (C=O) groups excluding carboxylic acids is 1. The van der Waals surface area contributed by atoms with Gasteiger partial charge in [0.05, 0.1) is 6.54 Å². The predicted octanol–water partition coefficient (Wildman–Crippen LogP) is 2.72. The van der Waals surface area contributed by atoms with Crippen molar-refractivity contribution in [2.24, 2.45) is 11.8 Å². The van der Waals surface area contributed by atoms with Gasteiger partial charge in [0.15, 0.2) is 0 Å². The van der Waals surface area contributed by atoms with E-state index in [2.05, 4.69) is 18.7 Å². The van der Waals surface area contributed by atoms with Gasteiger partial charge >= 0.3 is 0 Å². The van der Waals surface area contributed by atoms with E-state index in [1.807, 2.05) is 6.92 Å². The minimum absolute atomic E-state index is 0.244. The molecule has 1 rings (SSSR count). The van der Waals surface area contributed by atoms with Crippen molar-refractivity contribution < 1.29 is 4.79 Å². The van der Waals surface area contributed by atoms with Crippen molar-refractivity contribution in [2.75, 3.05) is 19.6 Å². The van der Waals surface area contributed by atoms with Crippen LogP contribution in [0.15, 0.2) is 0 Å². The number of Topliss-reactive ketones (excluding diaryl/α,β-unsaturated/α-hetero) is 1. The van der Waals surface area contributed by atoms with Crippen molar-refractivity contribution in [3.05, 3.63) is 0 Å². The van der Waals surface area contributed by atoms with Gasteiger partial charge in [-0.25, -0.2) is 0 Å². The number of hydrogen-bond donors (Lipinski definition) is 0. The molecule has 0 spiro atoms. The van der Waals surface area contributed by atoms with Crippen LogP contribution in [0.5, 0.6) is 0 Å². The average molecular weight is 211 g/mol. The van der Waals surface area contributed by atoms with Gasteiger partial charge in [-0.3, -0.25) is 9.69 Å². The summed E-state index contributed by atoms with van der Waals surface area (Å²) in [6.07, 6.45) is 4.84. The number of ketones is 1. The number of carbonyl (C=O) groups is 1. The highest BCUT2D eigenvalue weighted by Gasteiger charge is 2.21. The molecule has 1 atom stereocenters. The topological polar surface area (TPSA) is 20.3 Å². The third-order valence-corrected chi connectivity index (χ3v) is 3.83. The Morgan fingerprint density at radius 1 is 1.33 bits per heavy atom. The summed E-state index contributed by atoms with van der Waals surface area (Å²) in [6, 6.07) is 0. The number of piperidine rings is 1. The lowest BCUT2D eigenvalue weighted by Gasteiger charge is -2.31. The van der Waals surface area contributed by atoms with Crippen LogP contribution in [-0.2, 0) is 4.79 Å². The Morgan fingerprint density at radius 3 is 2.40 bits per heavy atom. The maximum absolute atomic E-state index is 11.8. The van der Waals surface area contributed by atoms with Gasteiger partial charge < -0.3 is 0 Å². The molecule has 0 radical (unpaired) electrons. The van der Waals surface area contributed by atoms with E-state index >= 15 is 0 Å². The van der Waals surface area contributed by atoms with Crippen molar-refractivity contribution in [1.82, 2.24) is 4.90 Å². The Bertz CT molecular complexity index is 195. The Kier molecular flexibility index (Phi) is 5.30. The van der Waals surface area contributed by atoms with E-state index in [0.717, 1.165) is 25.4 Å². The molecule has 1 saturated heterocycles. The summed E-state index contributed by atoms with van der Waals surface area (Å²) in [7, 11) is 0. The highest BCUT2D eigenvalue weighted by molar-refractivity contribution is 5.82. The van der Waals surface area contributed by atoms with Crippen LogP contribution in [0.25, 0.3) is 0 Å². The first kappa shape index (κ1) is 12.7. The molecular formula is C13H25NO. The van der Waals surface area contributed by atoms with Crippen LogP contribution < -0.4 is 0 Å². The normalized spacial score (nSPS) is 21.5. The van der Waals surface area contributed by atoms with Crippen LogP contribution >= 0.6 is 0 Å². The molecule has 88 valence electrons. The average Bonchev–Trinajstić information content (AvgIpc) is 2.29.